The van der Waals surface area contributed by atoms with Crippen LogP contribution in [0.25, 0.3) is 0 Å². The van der Waals surface area contributed by atoms with Crippen LogP contribution in [-0.4, -0.2) is 44.9 Å². The van der Waals surface area contributed by atoms with E-state index in [1.807, 2.05) is 18.7 Å². The third-order valence-corrected chi connectivity index (χ3v) is 5.51. The van der Waals surface area contributed by atoms with E-state index in [2.05, 4.69) is 4.72 Å². The zero-order valence-electron chi connectivity index (χ0n) is 9.99. The van der Waals surface area contributed by atoms with Gasteiger partial charge in [0.05, 0.1) is 11.4 Å². The molecule has 6 heteroatoms. The minimum absolute atomic E-state index is 0.219. The lowest BCUT2D eigenvalue weighted by Gasteiger charge is -2.26. The topological polar surface area (TPSA) is 55.4 Å². The Kier molecular flexibility index (Phi) is 5.56. The Morgan fingerprint density at radius 1 is 1.50 bits per heavy atom. The molecule has 1 rings (SSSR count). The van der Waals surface area contributed by atoms with E-state index in [4.69, 9.17) is 4.74 Å². The molecule has 0 spiro atoms. The summed E-state index contributed by atoms with van der Waals surface area (Å²) in [5.74, 6) is 2.14. The summed E-state index contributed by atoms with van der Waals surface area (Å²) in [6.07, 6.45) is 2.53. The van der Waals surface area contributed by atoms with Gasteiger partial charge in [0.1, 0.15) is 0 Å². The maximum Gasteiger partial charge on any atom is 0.211 e. The van der Waals surface area contributed by atoms with Gasteiger partial charge in [-0.05, 0) is 18.6 Å². The van der Waals surface area contributed by atoms with Crippen LogP contribution in [0, 0.1) is 0 Å². The van der Waals surface area contributed by atoms with E-state index >= 15 is 0 Å². The molecule has 96 valence electrons. The third-order valence-electron chi connectivity index (χ3n) is 2.88. The number of ether oxygens (including phenoxy) is 1. The molecule has 0 saturated carbocycles. The van der Waals surface area contributed by atoms with E-state index in [-0.39, 0.29) is 11.4 Å². The predicted molar refractivity (Wildman–Crippen MR) is 68.4 cm³/mol. The second-order valence-electron chi connectivity index (χ2n) is 4.18. The van der Waals surface area contributed by atoms with Gasteiger partial charge in [-0.25, -0.2) is 13.1 Å². The smallest absolute Gasteiger partial charge is 0.211 e. The van der Waals surface area contributed by atoms with Gasteiger partial charge >= 0.3 is 0 Å². The number of hydrogen-bond acceptors (Lipinski definition) is 4. The van der Waals surface area contributed by atoms with Crippen LogP contribution in [0.2, 0.25) is 0 Å². The summed E-state index contributed by atoms with van der Waals surface area (Å²) in [6.45, 7) is 2.39. The second kappa shape index (κ2) is 6.23. The minimum atomic E-state index is -3.12. The van der Waals surface area contributed by atoms with Gasteiger partial charge in [-0.2, -0.15) is 11.8 Å². The van der Waals surface area contributed by atoms with Gasteiger partial charge < -0.3 is 4.74 Å². The quantitative estimate of drug-likeness (QED) is 0.754. The van der Waals surface area contributed by atoms with Crippen molar-refractivity contribution >= 4 is 21.8 Å². The van der Waals surface area contributed by atoms with E-state index in [9.17, 15) is 8.42 Å². The maximum absolute atomic E-state index is 11.6. The Morgan fingerprint density at radius 2 is 2.25 bits per heavy atom. The van der Waals surface area contributed by atoms with Crippen LogP contribution in [-0.2, 0) is 14.8 Å². The fraction of sp³-hybridized carbons (Fsp3) is 1.00. The summed E-state index contributed by atoms with van der Waals surface area (Å²) in [6, 6.07) is 0. The van der Waals surface area contributed by atoms with Gasteiger partial charge in [0.2, 0.25) is 10.0 Å². The Hall–Kier alpha value is 0.220. The third kappa shape index (κ3) is 4.24. The van der Waals surface area contributed by atoms with Crippen LogP contribution in [0.15, 0.2) is 0 Å². The Morgan fingerprint density at radius 3 is 2.75 bits per heavy atom. The van der Waals surface area contributed by atoms with E-state index in [0.29, 0.717) is 13.0 Å². The highest BCUT2D eigenvalue weighted by molar-refractivity contribution is 7.99. The molecule has 0 radical (unpaired) electrons. The van der Waals surface area contributed by atoms with Crippen molar-refractivity contribution in [1.82, 2.24) is 4.72 Å². The average Bonchev–Trinajstić information content (AvgIpc) is 2.74. The van der Waals surface area contributed by atoms with Gasteiger partial charge in [-0.15, -0.1) is 0 Å². The first-order valence-electron chi connectivity index (χ1n) is 5.64. The number of hydrogen-bond donors (Lipinski definition) is 1. The van der Waals surface area contributed by atoms with Gasteiger partial charge in [-0.3, -0.25) is 0 Å². The molecular weight excluding hydrogens is 246 g/mol. The highest BCUT2D eigenvalue weighted by Gasteiger charge is 2.35. The molecule has 0 amide bonds. The molecule has 1 heterocycles. The van der Waals surface area contributed by atoms with E-state index < -0.39 is 10.0 Å². The standard InChI is InChI=1S/C10H21NO3S2/c1-3-4-7-16(12,13)11-8-10(14-2)5-6-15-9-10/h11H,3-9H2,1-2H3. The highest BCUT2D eigenvalue weighted by Crippen LogP contribution is 2.30. The van der Waals surface area contributed by atoms with Crippen molar-refractivity contribution < 1.29 is 13.2 Å². The summed E-state index contributed by atoms with van der Waals surface area (Å²) < 4.78 is 31.4. The molecule has 1 unspecified atom stereocenters. The molecule has 1 aliphatic rings. The predicted octanol–water partition coefficient (Wildman–Crippen LogP) is 1.23. The van der Waals surface area contributed by atoms with E-state index in [1.54, 1.807) is 7.11 Å². The molecule has 1 saturated heterocycles. The Balaban J connectivity index is 2.43. The second-order valence-corrected chi connectivity index (χ2v) is 7.21. The molecule has 0 aromatic carbocycles. The van der Waals surface area contributed by atoms with Gasteiger partial charge in [0.15, 0.2) is 0 Å². The SMILES string of the molecule is CCCCS(=O)(=O)NCC1(OC)CCSC1. The number of rotatable bonds is 7. The van der Waals surface area contributed by atoms with E-state index in [1.165, 1.54) is 0 Å². The summed E-state index contributed by atoms with van der Waals surface area (Å²) in [7, 11) is -1.46. The molecule has 1 fully saturated rings. The van der Waals surface area contributed by atoms with Crippen molar-refractivity contribution in [3.8, 4) is 0 Å². The van der Waals surface area contributed by atoms with Crippen molar-refractivity contribution in [3.63, 3.8) is 0 Å². The molecule has 4 nitrogen and oxygen atoms in total. The first kappa shape index (κ1) is 14.3. The Labute approximate surface area is 103 Å². The fourth-order valence-corrected chi connectivity index (χ4v) is 4.30. The van der Waals surface area contributed by atoms with Gasteiger partial charge in [0, 0.05) is 19.4 Å². The minimum Gasteiger partial charge on any atom is -0.376 e. The number of methoxy groups -OCH3 is 1. The number of sulfonamides is 1. The number of nitrogens with one attached hydrogen (secondary N) is 1. The van der Waals surface area contributed by atoms with Crippen LogP contribution >= 0.6 is 11.8 Å². The van der Waals surface area contributed by atoms with E-state index in [0.717, 1.165) is 24.3 Å². The van der Waals surface area contributed by atoms with Crippen LogP contribution in [0.1, 0.15) is 26.2 Å². The van der Waals surface area contributed by atoms with Crippen LogP contribution in [0.5, 0.6) is 0 Å². The molecule has 1 atom stereocenters. The summed E-state index contributed by atoms with van der Waals surface area (Å²) in [5.41, 5.74) is -0.288. The van der Waals surface area contributed by atoms with Crippen LogP contribution in [0.4, 0.5) is 0 Å². The summed E-state index contributed by atoms with van der Waals surface area (Å²) >= 11 is 1.81. The lowest BCUT2D eigenvalue weighted by molar-refractivity contribution is 0.0179. The number of thioether (sulfide) groups is 1. The van der Waals surface area contributed by atoms with Gasteiger partial charge in [0.25, 0.3) is 0 Å². The molecule has 0 bridgehead atoms. The van der Waals surface area contributed by atoms with Crippen molar-refractivity contribution in [1.29, 1.82) is 0 Å². The fourth-order valence-electron chi connectivity index (χ4n) is 1.61. The van der Waals surface area contributed by atoms with Crippen LogP contribution < -0.4 is 4.72 Å². The summed E-state index contributed by atoms with van der Waals surface area (Å²) in [5, 5.41) is 0. The van der Waals surface area contributed by atoms with Crippen molar-refractivity contribution in [2.24, 2.45) is 0 Å². The maximum atomic E-state index is 11.6. The van der Waals surface area contributed by atoms with Crippen LogP contribution in [0.3, 0.4) is 0 Å². The highest BCUT2D eigenvalue weighted by atomic mass is 32.2. The lowest BCUT2D eigenvalue weighted by Crippen LogP contribution is -2.45. The normalized spacial score (nSPS) is 26.1. The van der Waals surface area contributed by atoms with Crippen molar-refractivity contribution in [3.05, 3.63) is 0 Å². The molecular formula is C10H21NO3S2. The lowest BCUT2D eigenvalue weighted by atomic mass is 10.0. The van der Waals surface area contributed by atoms with Gasteiger partial charge in [-0.1, -0.05) is 13.3 Å². The average molecular weight is 267 g/mol. The molecule has 0 aromatic heterocycles. The zero-order chi connectivity index (χ0) is 12.1. The largest absolute Gasteiger partial charge is 0.376 e. The van der Waals surface area contributed by atoms with Crippen molar-refractivity contribution in [2.45, 2.75) is 31.8 Å². The number of unbranched alkanes of at least 4 members (excludes halogenated alkanes) is 1. The van der Waals surface area contributed by atoms with Crippen molar-refractivity contribution in [2.75, 3.05) is 30.9 Å². The molecule has 16 heavy (non-hydrogen) atoms. The molecule has 0 aromatic rings. The first-order chi connectivity index (χ1) is 7.54. The first-order valence-corrected chi connectivity index (χ1v) is 8.44. The molecule has 1 aliphatic heterocycles. The zero-order valence-corrected chi connectivity index (χ0v) is 11.6. The molecule has 1 N–H and O–H groups in total. The monoisotopic (exact) mass is 267 g/mol. The molecule has 0 aliphatic carbocycles. The Bertz CT molecular complexity index is 297. The summed E-state index contributed by atoms with van der Waals surface area (Å²) in [4.78, 5) is 0.